The summed E-state index contributed by atoms with van der Waals surface area (Å²) in [5.74, 6) is -1.06. The zero-order valence-electron chi connectivity index (χ0n) is 7.58. The van der Waals surface area contributed by atoms with Gasteiger partial charge in [0, 0.05) is 12.6 Å². The molecule has 1 aliphatic heterocycles. The lowest BCUT2D eigenvalue weighted by atomic mass is 10.1. The maximum Gasteiger partial charge on any atom is 0.415 e. The number of nitrogens with one attached hydrogen (secondary N) is 1. The molecule has 15 heavy (non-hydrogen) atoms. The highest BCUT2D eigenvalue weighted by molar-refractivity contribution is 5.85. The number of halogens is 4. The van der Waals surface area contributed by atoms with E-state index in [1.165, 1.54) is 0 Å². The first-order valence-electron chi connectivity index (χ1n) is 4.03. The number of hydrogen-bond donors (Lipinski definition) is 2. The first-order chi connectivity index (χ1) is 6.39. The van der Waals surface area contributed by atoms with E-state index in [9.17, 15) is 18.0 Å². The number of carboxylic acid groups (broad SMARTS) is 1. The number of carboxylic acids is 1. The number of rotatable bonds is 2. The van der Waals surface area contributed by atoms with E-state index < -0.39 is 24.3 Å². The minimum atomic E-state index is -4.39. The molecule has 0 aromatic heterocycles. The summed E-state index contributed by atoms with van der Waals surface area (Å²) in [6.45, 7) is -0.613. The Bertz CT molecular complexity index is 216. The van der Waals surface area contributed by atoms with Crippen LogP contribution in [0, 0.1) is 0 Å². The van der Waals surface area contributed by atoms with Gasteiger partial charge in [0.05, 0.1) is 13.0 Å². The predicted molar refractivity (Wildman–Crippen MR) is 47.1 cm³/mol. The maximum absolute atomic E-state index is 12.0. The van der Waals surface area contributed by atoms with Gasteiger partial charge in [-0.2, -0.15) is 13.2 Å². The van der Waals surface area contributed by atoms with Crippen molar-refractivity contribution in [3.8, 4) is 0 Å². The Hall–Kier alpha value is -0.530. The Labute approximate surface area is 90.2 Å². The molecule has 1 aliphatic rings. The summed E-state index contributed by atoms with van der Waals surface area (Å²) < 4.78 is 40.7. The summed E-state index contributed by atoms with van der Waals surface area (Å²) in [6.07, 6.45) is -6.45. The smallest absolute Gasteiger partial charge is 0.415 e. The van der Waals surface area contributed by atoms with Crippen LogP contribution in [-0.2, 0) is 9.53 Å². The SMILES string of the molecule is Cl.O=C(O)CC1COC(C(F)(F)F)CN1. The van der Waals surface area contributed by atoms with Gasteiger partial charge >= 0.3 is 12.1 Å². The normalized spacial score (nSPS) is 26.9. The average molecular weight is 250 g/mol. The van der Waals surface area contributed by atoms with Crippen molar-refractivity contribution in [2.75, 3.05) is 13.2 Å². The van der Waals surface area contributed by atoms with Gasteiger partial charge in [-0.05, 0) is 0 Å². The molecule has 1 rings (SSSR count). The van der Waals surface area contributed by atoms with Crippen LogP contribution in [0.25, 0.3) is 0 Å². The van der Waals surface area contributed by atoms with Crippen LogP contribution in [0.4, 0.5) is 13.2 Å². The van der Waals surface area contributed by atoms with E-state index >= 15 is 0 Å². The van der Waals surface area contributed by atoms with Crippen molar-refractivity contribution in [1.82, 2.24) is 5.32 Å². The van der Waals surface area contributed by atoms with Gasteiger partial charge in [0.1, 0.15) is 0 Å². The lowest BCUT2D eigenvalue weighted by molar-refractivity contribution is -0.229. The molecule has 0 radical (unpaired) electrons. The molecule has 0 aromatic rings. The predicted octanol–water partition coefficient (Wildman–Crippen LogP) is 0.802. The Morgan fingerprint density at radius 1 is 1.53 bits per heavy atom. The summed E-state index contributed by atoms with van der Waals surface area (Å²) in [4.78, 5) is 10.2. The molecule has 1 saturated heterocycles. The highest BCUT2D eigenvalue weighted by atomic mass is 35.5. The third-order valence-corrected chi connectivity index (χ3v) is 1.88. The van der Waals surface area contributed by atoms with Gasteiger partial charge in [0.25, 0.3) is 0 Å². The number of aliphatic carboxylic acids is 1. The van der Waals surface area contributed by atoms with Crippen molar-refractivity contribution >= 4 is 18.4 Å². The second-order valence-electron chi connectivity index (χ2n) is 3.07. The fourth-order valence-electron chi connectivity index (χ4n) is 1.18. The van der Waals surface area contributed by atoms with E-state index in [-0.39, 0.29) is 32.0 Å². The number of hydrogen-bond acceptors (Lipinski definition) is 3. The fraction of sp³-hybridized carbons (Fsp3) is 0.857. The maximum atomic E-state index is 12.0. The van der Waals surface area contributed by atoms with E-state index in [2.05, 4.69) is 10.1 Å². The van der Waals surface area contributed by atoms with E-state index in [4.69, 9.17) is 5.11 Å². The second-order valence-corrected chi connectivity index (χ2v) is 3.07. The molecule has 0 aromatic carbocycles. The lowest BCUT2D eigenvalue weighted by Crippen LogP contribution is -2.52. The van der Waals surface area contributed by atoms with E-state index in [0.29, 0.717) is 0 Å². The zero-order valence-corrected chi connectivity index (χ0v) is 8.40. The molecular formula is C7H11ClF3NO3. The van der Waals surface area contributed by atoms with Crippen LogP contribution in [0.3, 0.4) is 0 Å². The quantitative estimate of drug-likeness (QED) is 0.760. The van der Waals surface area contributed by atoms with Crippen LogP contribution in [0.15, 0.2) is 0 Å². The van der Waals surface area contributed by atoms with Gasteiger partial charge in [0.2, 0.25) is 0 Å². The van der Waals surface area contributed by atoms with E-state index in [1.807, 2.05) is 0 Å². The molecule has 1 heterocycles. The highest BCUT2D eigenvalue weighted by Gasteiger charge is 2.43. The average Bonchev–Trinajstić information content (AvgIpc) is 2.02. The number of ether oxygens (including phenoxy) is 1. The van der Waals surface area contributed by atoms with Gasteiger partial charge in [-0.1, -0.05) is 0 Å². The summed E-state index contributed by atoms with van der Waals surface area (Å²) in [5, 5.41) is 10.9. The van der Waals surface area contributed by atoms with Crippen molar-refractivity contribution in [3.63, 3.8) is 0 Å². The van der Waals surface area contributed by atoms with Gasteiger partial charge in [0.15, 0.2) is 6.10 Å². The highest BCUT2D eigenvalue weighted by Crippen LogP contribution is 2.24. The van der Waals surface area contributed by atoms with Gasteiger partial charge in [-0.3, -0.25) is 4.79 Å². The third-order valence-electron chi connectivity index (χ3n) is 1.88. The molecule has 2 N–H and O–H groups in total. The number of alkyl halides is 3. The van der Waals surface area contributed by atoms with Gasteiger partial charge in [-0.25, -0.2) is 0 Å². The van der Waals surface area contributed by atoms with E-state index in [1.54, 1.807) is 0 Å². The van der Waals surface area contributed by atoms with Crippen LogP contribution >= 0.6 is 12.4 Å². The molecule has 0 saturated carbocycles. The van der Waals surface area contributed by atoms with Gasteiger partial charge in [-0.15, -0.1) is 12.4 Å². The molecule has 0 amide bonds. The van der Waals surface area contributed by atoms with Crippen molar-refractivity contribution in [2.24, 2.45) is 0 Å². The van der Waals surface area contributed by atoms with Crippen LogP contribution in [0.1, 0.15) is 6.42 Å². The molecule has 2 unspecified atom stereocenters. The Kier molecular flexibility index (Phi) is 5.33. The van der Waals surface area contributed by atoms with Crippen LogP contribution < -0.4 is 5.32 Å². The van der Waals surface area contributed by atoms with Gasteiger partial charge < -0.3 is 15.2 Å². The Morgan fingerprint density at radius 2 is 2.13 bits per heavy atom. The first kappa shape index (κ1) is 14.5. The molecule has 2 atom stereocenters. The second kappa shape index (κ2) is 5.53. The summed E-state index contributed by atoms with van der Waals surface area (Å²) >= 11 is 0. The van der Waals surface area contributed by atoms with Crippen LogP contribution in [0.2, 0.25) is 0 Å². The molecule has 4 nitrogen and oxygen atoms in total. The monoisotopic (exact) mass is 249 g/mol. The fourth-order valence-corrected chi connectivity index (χ4v) is 1.18. The molecule has 0 aliphatic carbocycles. The number of carbonyl (C=O) groups is 1. The summed E-state index contributed by atoms with van der Waals surface area (Å²) in [6, 6.07) is -0.536. The Balaban J connectivity index is 0.00000196. The minimum Gasteiger partial charge on any atom is -0.481 e. The van der Waals surface area contributed by atoms with Crippen molar-refractivity contribution in [1.29, 1.82) is 0 Å². The van der Waals surface area contributed by atoms with Crippen molar-refractivity contribution in [2.45, 2.75) is 24.7 Å². The number of morpholine rings is 1. The molecular weight excluding hydrogens is 239 g/mol. The molecule has 0 bridgehead atoms. The van der Waals surface area contributed by atoms with Crippen LogP contribution in [0.5, 0.6) is 0 Å². The standard InChI is InChI=1S/C7H10F3NO3.ClH/c8-7(9,10)5-2-11-4(3-14-5)1-6(12)13;/h4-5,11H,1-3H2,(H,12,13);1H. The molecule has 90 valence electrons. The van der Waals surface area contributed by atoms with Crippen LogP contribution in [-0.4, -0.2) is 42.5 Å². The first-order valence-corrected chi connectivity index (χ1v) is 4.03. The Morgan fingerprint density at radius 3 is 2.47 bits per heavy atom. The van der Waals surface area contributed by atoms with Crippen molar-refractivity contribution in [3.05, 3.63) is 0 Å². The summed E-state index contributed by atoms with van der Waals surface area (Å²) in [7, 11) is 0. The largest absolute Gasteiger partial charge is 0.481 e. The molecule has 0 spiro atoms. The third kappa shape index (κ3) is 4.67. The lowest BCUT2D eigenvalue weighted by Gasteiger charge is -2.30. The molecule has 8 heteroatoms. The van der Waals surface area contributed by atoms with E-state index in [0.717, 1.165) is 0 Å². The minimum absolute atomic E-state index is 0. The topological polar surface area (TPSA) is 58.6 Å². The molecule has 1 fully saturated rings. The zero-order chi connectivity index (χ0) is 10.8. The van der Waals surface area contributed by atoms with Crippen molar-refractivity contribution < 1.29 is 27.8 Å². The summed E-state index contributed by atoms with van der Waals surface area (Å²) in [5.41, 5.74) is 0.